The lowest BCUT2D eigenvalue weighted by molar-refractivity contribution is 0.0946. The summed E-state index contributed by atoms with van der Waals surface area (Å²) in [6, 6.07) is 19.2. The van der Waals surface area contributed by atoms with Crippen molar-refractivity contribution in [3.8, 4) is 0 Å². The number of carbonyl (C=O) groups is 1. The van der Waals surface area contributed by atoms with E-state index in [0.717, 1.165) is 16.9 Å². The number of nitrogens with zero attached hydrogens (tertiary/aromatic N) is 2. The van der Waals surface area contributed by atoms with E-state index in [0.29, 0.717) is 15.6 Å². The summed E-state index contributed by atoms with van der Waals surface area (Å²) in [4.78, 5) is 26.4. The maximum absolute atomic E-state index is 12.9. The predicted octanol–water partition coefficient (Wildman–Crippen LogP) is 2.08. The monoisotopic (exact) mass is 454 g/mol. The van der Waals surface area contributed by atoms with Crippen LogP contribution in [0, 0.1) is 0 Å². The molecule has 2 aromatic heterocycles. The van der Waals surface area contributed by atoms with Gasteiger partial charge in [-0.15, -0.1) is 11.3 Å². The smallest absolute Gasteiger partial charge is 0.274 e. The summed E-state index contributed by atoms with van der Waals surface area (Å²) < 4.78 is 24.2. The highest BCUT2D eigenvalue weighted by molar-refractivity contribution is 7.91. The molecule has 31 heavy (non-hydrogen) atoms. The van der Waals surface area contributed by atoms with Gasteiger partial charge in [-0.1, -0.05) is 48.5 Å². The summed E-state index contributed by atoms with van der Waals surface area (Å²) in [5.74, 6) is -0.469. The van der Waals surface area contributed by atoms with Crippen molar-refractivity contribution in [1.82, 2.24) is 15.1 Å². The van der Waals surface area contributed by atoms with Gasteiger partial charge in [-0.2, -0.15) is 5.10 Å². The van der Waals surface area contributed by atoms with Gasteiger partial charge in [-0.25, -0.2) is 18.2 Å². The zero-order valence-electron chi connectivity index (χ0n) is 16.2. The summed E-state index contributed by atoms with van der Waals surface area (Å²) in [7, 11) is -3.79. The molecule has 0 fully saturated rings. The van der Waals surface area contributed by atoms with Crippen LogP contribution in [0.3, 0.4) is 0 Å². The van der Waals surface area contributed by atoms with E-state index >= 15 is 0 Å². The molecular weight excluding hydrogens is 436 g/mol. The van der Waals surface area contributed by atoms with E-state index in [-0.39, 0.29) is 28.6 Å². The van der Waals surface area contributed by atoms with E-state index in [1.54, 1.807) is 30.3 Å². The molecule has 2 aromatic carbocycles. The highest BCUT2D eigenvalue weighted by Crippen LogP contribution is 2.20. The van der Waals surface area contributed by atoms with Crippen LogP contribution >= 0.6 is 11.3 Å². The molecule has 0 unspecified atom stereocenters. The molecule has 158 valence electrons. The Kier molecular flexibility index (Phi) is 5.68. The minimum absolute atomic E-state index is 0.0248. The molecule has 8 nitrogen and oxygen atoms in total. The Morgan fingerprint density at radius 1 is 1.00 bits per heavy atom. The molecule has 0 atom stereocenters. The molecule has 0 aliphatic carbocycles. The van der Waals surface area contributed by atoms with Gasteiger partial charge in [0, 0.05) is 10.3 Å². The Labute approximate surface area is 182 Å². The molecule has 0 bridgehead atoms. The molecule has 0 saturated carbocycles. The summed E-state index contributed by atoms with van der Waals surface area (Å²) in [5, 5.41) is 13.0. The number of rotatable bonds is 6. The van der Waals surface area contributed by atoms with E-state index in [4.69, 9.17) is 5.14 Å². The Morgan fingerprint density at radius 2 is 1.68 bits per heavy atom. The van der Waals surface area contributed by atoms with E-state index < -0.39 is 15.9 Å². The average Bonchev–Trinajstić information content (AvgIpc) is 3.25. The van der Waals surface area contributed by atoms with Crippen molar-refractivity contribution >= 4 is 38.0 Å². The van der Waals surface area contributed by atoms with Gasteiger partial charge in [0.15, 0.2) is 5.69 Å². The summed E-state index contributed by atoms with van der Waals surface area (Å²) >= 11 is 0.985. The van der Waals surface area contributed by atoms with E-state index in [2.05, 4.69) is 10.4 Å². The molecule has 4 aromatic rings. The van der Waals surface area contributed by atoms with Crippen LogP contribution in [0.25, 0.3) is 10.8 Å². The van der Waals surface area contributed by atoms with Crippen molar-refractivity contribution < 1.29 is 13.2 Å². The van der Waals surface area contributed by atoms with Crippen molar-refractivity contribution in [1.29, 1.82) is 0 Å². The molecule has 0 spiro atoms. The standard InChI is InChI=1S/C21H18N4O4S2/c22-31(28,29)18-11-10-15(30-18)12-23-20(26)19-16-8-4-5-9-17(16)21(27)25(24-19)13-14-6-2-1-3-7-14/h1-11H,12-13H2,(H,23,26)(H2,22,28,29). The van der Waals surface area contributed by atoms with Crippen molar-refractivity contribution in [3.63, 3.8) is 0 Å². The van der Waals surface area contributed by atoms with Gasteiger partial charge in [0.1, 0.15) is 4.21 Å². The Bertz CT molecular complexity index is 1430. The molecular formula is C21H18N4O4S2. The number of sulfonamides is 1. The summed E-state index contributed by atoms with van der Waals surface area (Å²) in [5.41, 5.74) is 0.717. The SMILES string of the molecule is NS(=O)(=O)c1ccc(CNC(=O)c2nn(Cc3ccccc3)c(=O)c3ccccc23)s1. The molecule has 2 heterocycles. The summed E-state index contributed by atoms with van der Waals surface area (Å²) in [6.45, 7) is 0.334. The molecule has 0 saturated heterocycles. The van der Waals surface area contributed by atoms with Crippen LogP contribution < -0.4 is 16.0 Å². The van der Waals surface area contributed by atoms with E-state index in [9.17, 15) is 18.0 Å². The third-order valence-electron chi connectivity index (χ3n) is 4.60. The topological polar surface area (TPSA) is 124 Å². The molecule has 10 heteroatoms. The first kappa shape index (κ1) is 20.9. The lowest BCUT2D eigenvalue weighted by Crippen LogP contribution is -2.30. The quantitative estimate of drug-likeness (QED) is 0.462. The third-order valence-corrected chi connectivity index (χ3v) is 7.12. The maximum Gasteiger partial charge on any atom is 0.274 e. The molecule has 3 N–H and O–H groups in total. The zero-order valence-corrected chi connectivity index (χ0v) is 17.8. The fourth-order valence-corrected chi connectivity index (χ4v) is 4.84. The average molecular weight is 455 g/mol. The number of primary sulfonamides is 1. The molecule has 1 amide bonds. The van der Waals surface area contributed by atoms with Crippen molar-refractivity contribution in [2.24, 2.45) is 5.14 Å². The summed E-state index contributed by atoms with van der Waals surface area (Å²) in [6.07, 6.45) is 0. The van der Waals surface area contributed by atoms with E-state index in [1.165, 1.54) is 10.7 Å². The van der Waals surface area contributed by atoms with E-state index in [1.807, 2.05) is 30.3 Å². The third kappa shape index (κ3) is 4.55. The van der Waals surface area contributed by atoms with Gasteiger partial charge < -0.3 is 5.32 Å². The number of carbonyl (C=O) groups excluding carboxylic acids is 1. The number of thiophene rings is 1. The van der Waals surface area contributed by atoms with Crippen LogP contribution in [0.5, 0.6) is 0 Å². The first-order valence-corrected chi connectivity index (χ1v) is 11.6. The van der Waals surface area contributed by atoms with Gasteiger partial charge in [-0.3, -0.25) is 9.59 Å². The number of benzene rings is 2. The second-order valence-electron chi connectivity index (χ2n) is 6.79. The van der Waals surface area contributed by atoms with Gasteiger partial charge in [0.25, 0.3) is 11.5 Å². The van der Waals surface area contributed by atoms with Crippen LogP contribution in [-0.4, -0.2) is 24.1 Å². The van der Waals surface area contributed by atoms with Crippen LogP contribution in [0.1, 0.15) is 20.9 Å². The van der Waals surface area contributed by atoms with Crippen LogP contribution in [0.4, 0.5) is 0 Å². The lowest BCUT2D eigenvalue weighted by atomic mass is 10.1. The Hall–Kier alpha value is -3.34. The Morgan fingerprint density at radius 3 is 2.35 bits per heavy atom. The van der Waals surface area contributed by atoms with Crippen molar-refractivity contribution in [2.75, 3.05) is 0 Å². The zero-order chi connectivity index (χ0) is 22.0. The lowest BCUT2D eigenvalue weighted by Gasteiger charge is -2.11. The number of nitrogens with one attached hydrogen (secondary N) is 1. The van der Waals surface area contributed by atoms with Gasteiger partial charge in [0.2, 0.25) is 10.0 Å². The van der Waals surface area contributed by atoms with Crippen LogP contribution in [0.15, 0.2) is 75.7 Å². The number of hydrogen-bond acceptors (Lipinski definition) is 6. The Balaban J connectivity index is 1.65. The fraction of sp³-hybridized carbons (Fsp3) is 0.0952. The molecule has 0 aliphatic rings. The van der Waals surface area contributed by atoms with Gasteiger partial charge >= 0.3 is 0 Å². The number of amides is 1. The number of nitrogens with two attached hydrogens (primary N) is 1. The number of fused-ring (bicyclic) bond motifs is 1. The number of hydrogen-bond donors (Lipinski definition) is 2. The number of aromatic nitrogens is 2. The fourth-order valence-electron chi connectivity index (χ4n) is 3.12. The molecule has 0 aliphatic heterocycles. The van der Waals surface area contributed by atoms with Crippen molar-refractivity contribution in [3.05, 3.63) is 93.2 Å². The highest BCUT2D eigenvalue weighted by atomic mass is 32.2. The maximum atomic E-state index is 12.9. The predicted molar refractivity (Wildman–Crippen MR) is 118 cm³/mol. The minimum atomic E-state index is -3.79. The second kappa shape index (κ2) is 8.42. The molecule has 0 radical (unpaired) electrons. The largest absolute Gasteiger partial charge is 0.346 e. The second-order valence-corrected chi connectivity index (χ2v) is 9.75. The van der Waals surface area contributed by atoms with Gasteiger partial charge in [0.05, 0.1) is 18.5 Å². The minimum Gasteiger partial charge on any atom is -0.346 e. The van der Waals surface area contributed by atoms with Crippen molar-refractivity contribution in [2.45, 2.75) is 17.3 Å². The first-order chi connectivity index (χ1) is 14.8. The van der Waals surface area contributed by atoms with Crippen LogP contribution in [-0.2, 0) is 23.1 Å². The van der Waals surface area contributed by atoms with Gasteiger partial charge in [-0.05, 0) is 23.8 Å². The van der Waals surface area contributed by atoms with Crippen LogP contribution in [0.2, 0.25) is 0 Å². The first-order valence-electron chi connectivity index (χ1n) is 9.26. The normalized spacial score (nSPS) is 11.5. The molecule has 4 rings (SSSR count). The highest BCUT2D eigenvalue weighted by Gasteiger charge is 2.18.